The molecule has 1 aliphatic heterocycles. The molecule has 1 fully saturated rings. The molecule has 1 aliphatic rings. The zero-order valence-electron chi connectivity index (χ0n) is 20.2. The van der Waals surface area contributed by atoms with Gasteiger partial charge in [-0.1, -0.05) is 102 Å². The smallest absolute Gasteiger partial charge is 0.301 e. The third kappa shape index (κ3) is 6.67. The number of nitrogens with zero attached hydrogens (tertiary/aromatic N) is 3. The van der Waals surface area contributed by atoms with Crippen molar-refractivity contribution in [1.82, 2.24) is 14.4 Å². The minimum Gasteiger partial charge on any atom is -0.301 e. The minimum atomic E-state index is 0. The molecule has 4 nitrogen and oxygen atoms in total. The summed E-state index contributed by atoms with van der Waals surface area (Å²) < 4.78 is 1.94. The lowest BCUT2D eigenvalue weighted by Crippen LogP contribution is -2.48. The largest absolute Gasteiger partial charge is 0.307 e. The Morgan fingerprint density at radius 2 is 1.22 bits per heavy atom. The van der Waals surface area contributed by atoms with Crippen molar-refractivity contribution in [2.45, 2.75) is 19.0 Å². The number of rotatable bonds is 8. The van der Waals surface area contributed by atoms with Crippen LogP contribution in [0.2, 0.25) is 0 Å². The molecule has 36 heavy (non-hydrogen) atoms. The molecule has 4 aromatic rings. The van der Waals surface area contributed by atoms with E-state index in [1.807, 2.05) is 28.1 Å². The first-order valence-electron chi connectivity index (χ1n) is 12.1. The van der Waals surface area contributed by atoms with Crippen molar-refractivity contribution in [1.29, 1.82) is 0 Å². The van der Waals surface area contributed by atoms with Gasteiger partial charge in [0.15, 0.2) is 0 Å². The highest BCUT2D eigenvalue weighted by Crippen LogP contribution is 2.29. The molecule has 1 saturated heterocycles. The highest BCUT2D eigenvalue weighted by atomic mass is 35.5. The van der Waals surface area contributed by atoms with E-state index < -0.39 is 0 Å². The van der Waals surface area contributed by atoms with Crippen molar-refractivity contribution in [2.24, 2.45) is 0 Å². The Labute approximate surface area is 230 Å². The van der Waals surface area contributed by atoms with E-state index in [0.717, 1.165) is 56.9 Å². The van der Waals surface area contributed by atoms with Crippen LogP contribution in [0.3, 0.4) is 0 Å². The highest BCUT2D eigenvalue weighted by molar-refractivity contribution is 7.07. The molecule has 0 radical (unpaired) electrons. The van der Waals surface area contributed by atoms with E-state index >= 15 is 0 Å². The number of hydrogen-bond donors (Lipinski definition) is 0. The Bertz CT molecular complexity index is 1180. The molecule has 0 aliphatic carbocycles. The normalized spacial score (nSPS) is 14.2. The van der Waals surface area contributed by atoms with Crippen molar-refractivity contribution in [3.05, 3.63) is 117 Å². The van der Waals surface area contributed by atoms with E-state index in [9.17, 15) is 4.79 Å². The predicted octanol–water partition coefficient (Wildman–Crippen LogP) is 6.22. The first kappa shape index (κ1) is 28.2. The van der Waals surface area contributed by atoms with Gasteiger partial charge in [-0.3, -0.25) is 14.3 Å². The zero-order valence-corrected chi connectivity index (χ0v) is 22.7. The van der Waals surface area contributed by atoms with Crippen molar-refractivity contribution >= 4 is 36.2 Å². The van der Waals surface area contributed by atoms with Gasteiger partial charge in [-0.15, -0.1) is 24.8 Å². The van der Waals surface area contributed by atoms with Crippen LogP contribution in [0.1, 0.15) is 23.6 Å². The molecule has 0 unspecified atom stereocenters. The van der Waals surface area contributed by atoms with Gasteiger partial charge in [0.25, 0.3) is 0 Å². The maximum Gasteiger partial charge on any atom is 0.307 e. The van der Waals surface area contributed by atoms with Crippen molar-refractivity contribution in [2.75, 3.05) is 32.7 Å². The lowest BCUT2D eigenvalue weighted by atomic mass is 9.96. The second kappa shape index (κ2) is 13.8. The number of halogens is 2. The molecule has 0 bridgehead atoms. The summed E-state index contributed by atoms with van der Waals surface area (Å²) in [5, 5.41) is 1.99. The number of benzene rings is 3. The molecule has 0 spiro atoms. The lowest BCUT2D eigenvalue weighted by molar-refractivity contribution is 0.108. The van der Waals surface area contributed by atoms with Crippen LogP contribution in [-0.4, -0.2) is 47.1 Å². The molecule has 0 saturated carbocycles. The fourth-order valence-electron chi connectivity index (χ4n) is 4.96. The van der Waals surface area contributed by atoms with Gasteiger partial charge in [0.05, 0.1) is 11.7 Å². The molecule has 0 amide bonds. The van der Waals surface area contributed by atoms with Crippen molar-refractivity contribution in [3.63, 3.8) is 0 Å². The molecule has 7 heteroatoms. The molecular formula is C29H33Cl2N3OS. The molecule has 2 heterocycles. The Hall–Kier alpha value is -2.41. The third-order valence-electron chi connectivity index (χ3n) is 6.71. The van der Waals surface area contributed by atoms with Crippen molar-refractivity contribution in [3.8, 4) is 11.3 Å². The topological polar surface area (TPSA) is 28.5 Å². The summed E-state index contributed by atoms with van der Waals surface area (Å²) in [6, 6.07) is 32.2. The Kier molecular flexibility index (Phi) is 10.8. The molecule has 0 N–H and O–H groups in total. The molecule has 0 atom stereocenters. The van der Waals surface area contributed by atoms with Gasteiger partial charge >= 0.3 is 4.87 Å². The third-order valence-corrected chi connectivity index (χ3v) is 7.47. The fourth-order valence-corrected chi connectivity index (χ4v) is 5.75. The van der Waals surface area contributed by atoms with Gasteiger partial charge in [-0.2, -0.15) is 0 Å². The number of piperazine rings is 1. The maximum atomic E-state index is 12.4. The van der Waals surface area contributed by atoms with Gasteiger partial charge in [0.1, 0.15) is 0 Å². The molecule has 1 aromatic heterocycles. The summed E-state index contributed by atoms with van der Waals surface area (Å²) in [5.74, 6) is 0. The SMILES string of the molecule is Cl.Cl.O=c1scc(-c2ccccc2)n1CCCN1CCN(C(c2ccccc2)c2ccccc2)CC1. The Balaban J connectivity index is 0.00000180. The van der Waals surface area contributed by atoms with Crippen molar-refractivity contribution < 1.29 is 0 Å². The zero-order chi connectivity index (χ0) is 23.2. The van der Waals surface area contributed by atoms with Gasteiger partial charge in [0, 0.05) is 38.1 Å². The first-order valence-corrected chi connectivity index (χ1v) is 13.0. The Morgan fingerprint density at radius 3 is 1.78 bits per heavy atom. The van der Waals surface area contributed by atoms with E-state index in [4.69, 9.17) is 0 Å². The van der Waals surface area contributed by atoms with E-state index in [2.05, 4.69) is 82.6 Å². The molecule has 5 rings (SSSR count). The van der Waals surface area contributed by atoms with E-state index in [-0.39, 0.29) is 29.7 Å². The van der Waals surface area contributed by atoms with Crippen LogP contribution in [0.15, 0.2) is 101 Å². The fraction of sp³-hybridized carbons (Fsp3) is 0.276. The summed E-state index contributed by atoms with van der Waals surface area (Å²) in [7, 11) is 0. The monoisotopic (exact) mass is 541 g/mol. The molecule has 3 aromatic carbocycles. The van der Waals surface area contributed by atoms with Crippen LogP contribution < -0.4 is 4.87 Å². The second-order valence-electron chi connectivity index (χ2n) is 8.86. The Morgan fingerprint density at radius 1 is 0.694 bits per heavy atom. The summed E-state index contributed by atoms with van der Waals surface area (Å²) in [5.41, 5.74) is 4.86. The summed E-state index contributed by atoms with van der Waals surface area (Å²) >= 11 is 1.30. The van der Waals surface area contributed by atoms with Crippen LogP contribution >= 0.6 is 36.2 Å². The maximum absolute atomic E-state index is 12.4. The van der Waals surface area contributed by atoms with Crippen LogP contribution in [0, 0.1) is 0 Å². The summed E-state index contributed by atoms with van der Waals surface area (Å²) in [6.07, 6.45) is 0.983. The standard InChI is InChI=1S/C29H31N3OS.2ClH/c33-29-32(27(23-34-29)24-11-4-1-5-12-24)18-10-17-30-19-21-31(22-20-30)28(25-13-6-2-7-14-25)26-15-8-3-9-16-26;;/h1-9,11-16,23,28H,10,17-22H2;2*1H. The van der Waals surface area contributed by atoms with Gasteiger partial charge < -0.3 is 4.90 Å². The van der Waals surface area contributed by atoms with Crippen LogP contribution in [0.25, 0.3) is 11.3 Å². The lowest BCUT2D eigenvalue weighted by Gasteiger charge is -2.39. The molecule has 190 valence electrons. The van der Waals surface area contributed by atoms with Crippen LogP contribution in [0.4, 0.5) is 0 Å². The summed E-state index contributed by atoms with van der Waals surface area (Å²) in [6.45, 7) is 5.99. The van der Waals surface area contributed by atoms with Gasteiger partial charge in [0.2, 0.25) is 0 Å². The molecular weight excluding hydrogens is 509 g/mol. The second-order valence-corrected chi connectivity index (χ2v) is 9.68. The highest BCUT2D eigenvalue weighted by Gasteiger charge is 2.26. The first-order chi connectivity index (χ1) is 16.8. The van der Waals surface area contributed by atoms with E-state index in [1.54, 1.807) is 0 Å². The quantitative estimate of drug-likeness (QED) is 0.265. The van der Waals surface area contributed by atoms with Crippen LogP contribution in [-0.2, 0) is 6.54 Å². The number of hydrogen-bond acceptors (Lipinski definition) is 4. The summed E-state index contributed by atoms with van der Waals surface area (Å²) in [4.78, 5) is 17.7. The van der Waals surface area contributed by atoms with Gasteiger partial charge in [-0.05, 0) is 29.7 Å². The van der Waals surface area contributed by atoms with Crippen LogP contribution in [0.5, 0.6) is 0 Å². The number of aromatic nitrogens is 1. The van der Waals surface area contributed by atoms with Gasteiger partial charge in [-0.25, -0.2) is 0 Å². The number of thiazole rings is 1. The minimum absolute atomic E-state index is 0. The average Bonchev–Trinajstić information content (AvgIpc) is 3.27. The average molecular weight is 543 g/mol. The van der Waals surface area contributed by atoms with E-state index in [1.165, 1.54) is 22.5 Å². The predicted molar refractivity (Wildman–Crippen MR) is 156 cm³/mol. The van der Waals surface area contributed by atoms with E-state index in [0.29, 0.717) is 6.04 Å².